The highest BCUT2D eigenvalue weighted by Crippen LogP contribution is 2.17. The quantitative estimate of drug-likeness (QED) is 0.810. The van der Waals surface area contributed by atoms with Crippen LogP contribution in [0.25, 0.3) is 0 Å². The van der Waals surface area contributed by atoms with Gasteiger partial charge in [-0.25, -0.2) is 13.2 Å². The van der Waals surface area contributed by atoms with Crippen LogP contribution in [0.5, 0.6) is 0 Å². The summed E-state index contributed by atoms with van der Waals surface area (Å²) in [6, 6.07) is 7.68. The number of hydrogen-bond acceptors (Lipinski definition) is 2. The molecule has 0 saturated carbocycles. The maximum absolute atomic E-state index is 13.1. The number of halogens is 3. The minimum Gasteiger partial charge on any atom is -0.293 e. The van der Waals surface area contributed by atoms with Gasteiger partial charge in [-0.05, 0) is 49.4 Å². The molecule has 0 bridgehead atoms. The van der Waals surface area contributed by atoms with E-state index in [2.05, 4.69) is 0 Å². The Morgan fingerprint density at radius 3 is 2.19 bits per heavy atom. The SMILES string of the molecule is CC(C(=O)c1ccc(F)c(F)c1)S(=O)c1ccc(F)cc1. The van der Waals surface area contributed by atoms with Crippen LogP contribution in [0.1, 0.15) is 17.3 Å². The predicted octanol–water partition coefficient (Wildman–Crippen LogP) is 3.48. The maximum atomic E-state index is 13.1. The second-order valence-corrected chi connectivity index (χ2v) is 6.16. The lowest BCUT2D eigenvalue weighted by atomic mass is 10.1. The Hall–Kier alpha value is -1.95. The third-order valence-electron chi connectivity index (χ3n) is 2.94. The van der Waals surface area contributed by atoms with Crippen LogP contribution >= 0.6 is 0 Å². The Labute approximate surface area is 122 Å². The predicted molar refractivity (Wildman–Crippen MR) is 73.0 cm³/mol. The zero-order chi connectivity index (χ0) is 15.6. The molecule has 0 fully saturated rings. The highest BCUT2D eigenvalue weighted by Gasteiger charge is 2.23. The summed E-state index contributed by atoms with van der Waals surface area (Å²) in [5.74, 6) is -3.24. The molecule has 2 nitrogen and oxygen atoms in total. The molecular formula is C15H11F3O2S. The number of carbonyl (C=O) groups excluding carboxylic acids is 1. The smallest absolute Gasteiger partial charge is 0.178 e. The van der Waals surface area contributed by atoms with Crippen LogP contribution in [0.15, 0.2) is 47.4 Å². The van der Waals surface area contributed by atoms with Crippen molar-refractivity contribution < 1.29 is 22.2 Å². The second kappa shape index (κ2) is 6.22. The molecule has 0 aliphatic heterocycles. The molecule has 110 valence electrons. The molecule has 6 heteroatoms. The summed E-state index contributed by atoms with van der Waals surface area (Å²) in [5, 5.41) is -0.958. The van der Waals surface area contributed by atoms with Crippen molar-refractivity contribution in [2.45, 2.75) is 17.1 Å². The Kier molecular flexibility index (Phi) is 4.57. The van der Waals surface area contributed by atoms with Gasteiger partial charge in [-0.3, -0.25) is 9.00 Å². The van der Waals surface area contributed by atoms with Gasteiger partial charge >= 0.3 is 0 Å². The summed E-state index contributed by atoms with van der Waals surface area (Å²) >= 11 is 0. The average molecular weight is 312 g/mol. The van der Waals surface area contributed by atoms with Crippen molar-refractivity contribution in [3.8, 4) is 0 Å². The summed E-state index contributed by atoms with van der Waals surface area (Å²) < 4.78 is 51.0. The van der Waals surface area contributed by atoms with Crippen molar-refractivity contribution >= 4 is 16.6 Å². The van der Waals surface area contributed by atoms with Crippen LogP contribution in [0.4, 0.5) is 13.2 Å². The second-order valence-electron chi connectivity index (χ2n) is 4.39. The maximum Gasteiger partial charge on any atom is 0.178 e. The largest absolute Gasteiger partial charge is 0.293 e. The third-order valence-corrected chi connectivity index (χ3v) is 4.53. The summed E-state index contributed by atoms with van der Waals surface area (Å²) in [6.45, 7) is 1.42. The van der Waals surface area contributed by atoms with Crippen LogP contribution in [0, 0.1) is 17.5 Å². The molecule has 2 aromatic carbocycles. The molecule has 2 rings (SSSR count). The van der Waals surface area contributed by atoms with Gasteiger partial charge in [0.15, 0.2) is 17.4 Å². The first kappa shape index (κ1) is 15.4. The van der Waals surface area contributed by atoms with E-state index in [0.29, 0.717) is 4.90 Å². The summed E-state index contributed by atoms with van der Waals surface area (Å²) in [7, 11) is -1.71. The molecule has 0 aromatic heterocycles. The fourth-order valence-corrected chi connectivity index (χ4v) is 2.90. The molecule has 2 aromatic rings. The minimum atomic E-state index is -1.71. The highest BCUT2D eigenvalue weighted by atomic mass is 32.2. The summed E-state index contributed by atoms with van der Waals surface area (Å²) in [6.07, 6.45) is 0. The van der Waals surface area contributed by atoms with E-state index in [-0.39, 0.29) is 5.56 Å². The molecule has 0 amide bonds. The van der Waals surface area contributed by atoms with Crippen molar-refractivity contribution in [2.24, 2.45) is 0 Å². The minimum absolute atomic E-state index is 0.0585. The van der Waals surface area contributed by atoms with Crippen molar-refractivity contribution in [3.63, 3.8) is 0 Å². The molecule has 0 aliphatic rings. The van der Waals surface area contributed by atoms with Gasteiger partial charge in [0.25, 0.3) is 0 Å². The molecule has 2 unspecified atom stereocenters. The normalized spacial score (nSPS) is 13.7. The Bertz CT molecular complexity index is 699. The fourth-order valence-electron chi connectivity index (χ4n) is 1.75. The monoisotopic (exact) mass is 312 g/mol. The van der Waals surface area contributed by atoms with E-state index in [1.54, 1.807) is 0 Å². The van der Waals surface area contributed by atoms with Gasteiger partial charge in [-0.15, -0.1) is 0 Å². The standard InChI is InChI=1S/C15H11F3O2S/c1-9(21(20)12-5-3-11(16)4-6-12)15(19)10-2-7-13(17)14(18)8-10/h2-9H,1H3. The van der Waals surface area contributed by atoms with Gasteiger partial charge in [-0.2, -0.15) is 0 Å². The van der Waals surface area contributed by atoms with Gasteiger partial charge < -0.3 is 0 Å². The number of carbonyl (C=O) groups is 1. The zero-order valence-corrected chi connectivity index (χ0v) is 11.8. The number of ketones is 1. The van der Waals surface area contributed by atoms with Crippen LogP contribution in [-0.4, -0.2) is 15.2 Å². The number of benzene rings is 2. The van der Waals surface area contributed by atoms with E-state index in [1.165, 1.54) is 19.1 Å². The molecular weight excluding hydrogens is 301 g/mol. The first-order valence-electron chi connectivity index (χ1n) is 6.05. The highest BCUT2D eigenvalue weighted by molar-refractivity contribution is 7.86. The third kappa shape index (κ3) is 3.39. The lowest BCUT2D eigenvalue weighted by Crippen LogP contribution is -2.23. The Balaban J connectivity index is 2.24. The van der Waals surface area contributed by atoms with Crippen LogP contribution in [0.3, 0.4) is 0 Å². The van der Waals surface area contributed by atoms with Gasteiger partial charge in [0.05, 0.1) is 16.0 Å². The van der Waals surface area contributed by atoms with Crippen molar-refractivity contribution in [3.05, 3.63) is 65.5 Å². The van der Waals surface area contributed by atoms with E-state index in [9.17, 15) is 22.2 Å². The van der Waals surface area contributed by atoms with Gasteiger partial charge in [0, 0.05) is 10.5 Å². The topological polar surface area (TPSA) is 34.1 Å². The lowest BCUT2D eigenvalue weighted by molar-refractivity contribution is 0.0992. The first-order valence-corrected chi connectivity index (χ1v) is 7.27. The van der Waals surface area contributed by atoms with E-state index < -0.39 is 39.3 Å². The Morgan fingerprint density at radius 1 is 1.00 bits per heavy atom. The summed E-state index contributed by atoms with van der Waals surface area (Å²) in [4.78, 5) is 12.4. The first-order chi connectivity index (χ1) is 9.90. The van der Waals surface area contributed by atoms with Gasteiger partial charge in [-0.1, -0.05) is 0 Å². The number of hydrogen-bond donors (Lipinski definition) is 0. The van der Waals surface area contributed by atoms with Gasteiger partial charge in [0.2, 0.25) is 0 Å². The van der Waals surface area contributed by atoms with E-state index in [0.717, 1.165) is 30.3 Å². The zero-order valence-electron chi connectivity index (χ0n) is 11.0. The molecule has 0 saturated heterocycles. The van der Waals surface area contributed by atoms with Crippen molar-refractivity contribution in [1.29, 1.82) is 0 Å². The number of rotatable bonds is 4. The Morgan fingerprint density at radius 2 is 1.62 bits per heavy atom. The van der Waals surface area contributed by atoms with Crippen LogP contribution in [-0.2, 0) is 10.8 Å². The van der Waals surface area contributed by atoms with E-state index >= 15 is 0 Å². The molecule has 2 atom stereocenters. The van der Waals surface area contributed by atoms with Crippen molar-refractivity contribution in [1.82, 2.24) is 0 Å². The average Bonchev–Trinajstić information content (AvgIpc) is 2.48. The molecule has 0 spiro atoms. The van der Waals surface area contributed by atoms with Crippen LogP contribution < -0.4 is 0 Å². The van der Waals surface area contributed by atoms with Crippen LogP contribution in [0.2, 0.25) is 0 Å². The van der Waals surface area contributed by atoms with Gasteiger partial charge in [0.1, 0.15) is 5.82 Å². The van der Waals surface area contributed by atoms with E-state index in [1.807, 2.05) is 0 Å². The molecule has 0 aliphatic carbocycles. The molecule has 0 radical (unpaired) electrons. The fraction of sp³-hybridized carbons (Fsp3) is 0.133. The lowest BCUT2D eigenvalue weighted by Gasteiger charge is -2.11. The molecule has 0 N–H and O–H groups in total. The molecule has 21 heavy (non-hydrogen) atoms. The van der Waals surface area contributed by atoms with Crippen molar-refractivity contribution in [2.75, 3.05) is 0 Å². The molecule has 0 heterocycles. The van der Waals surface area contributed by atoms with E-state index in [4.69, 9.17) is 0 Å². The summed E-state index contributed by atoms with van der Waals surface area (Å²) in [5.41, 5.74) is -0.0585. The number of Topliss-reactive ketones (excluding diaryl/α,β-unsaturated/α-hetero) is 1.